The first kappa shape index (κ1) is 29.0. The van der Waals surface area contributed by atoms with Crippen LogP contribution >= 0.6 is 22.7 Å². The molecule has 8 rings (SSSR count). The molecule has 0 N–H and O–H groups in total. The summed E-state index contributed by atoms with van der Waals surface area (Å²) in [6.07, 6.45) is 1.93. The maximum absolute atomic E-state index is 6.47. The summed E-state index contributed by atoms with van der Waals surface area (Å²) >= 11 is 3.43. The number of para-hydroxylation sites is 2. The van der Waals surface area contributed by atoms with Crippen LogP contribution in [0.25, 0.3) is 41.5 Å². The smallest absolute Gasteiger partial charge is 0.107 e. The van der Waals surface area contributed by atoms with Crippen molar-refractivity contribution in [2.45, 2.75) is 26.2 Å². The predicted octanol–water partition coefficient (Wildman–Crippen LogP) is 10.7. The molecule has 0 saturated heterocycles. The van der Waals surface area contributed by atoms with E-state index in [1.54, 1.807) is 11.3 Å². The second kappa shape index (κ2) is 11.0. The normalized spacial score (nSPS) is 13.1. The maximum atomic E-state index is 6.47. The van der Waals surface area contributed by atoms with Crippen LogP contribution in [0.5, 0.6) is 10.8 Å². The molecule has 1 aliphatic rings. The van der Waals surface area contributed by atoms with E-state index >= 15 is 0 Å². The van der Waals surface area contributed by atoms with Gasteiger partial charge in [-0.05, 0) is 63.8 Å². The number of ether oxygens (including phenoxy) is 1. The molecule has 0 bridgehead atoms. The Morgan fingerprint density at radius 2 is 1.61 bits per heavy atom. The Morgan fingerprint density at radius 1 is 0.818 bits per heavy atom. The number of benzene rings is 4. The number of fused-ring (bicyclic) bond motifs is 5. The summed E-state index contributed by atoms with van der Waals surface area (Å²) in [5.74, 6) is 0.655. The van der Waals surface area contributed by atoms with E-state index in [2.05, 4.69) is 129 Å². The zero-order valence-electron chi connectivity index (χ0n) is 24.6. The van der Waals surface area contributed by atoms with E-state index in [1.165, 1.54) is 25.7 Å². The summed E-state index contributed by atoms with van der Waals surface area (Å²) in [5.41, 5.74) is 6.56. The number of hydrogen-bond acceptors (Lipinski definition) is 6. The minimum atomic E-state index is 0. The fraction of sp³-hybridized carbons (Fsp3) is 0.135. The summed E-state index contributed by atoms with van der Waals surface area (Å²) in [7, 11) is 2.06. The summed E-state index contributed by atoms with van der Waals surface area (Å²) in [6, 6.07) is 36.8. The fourth-order valence-corrected chi connectivity index (χ4v) is 7.94. The molecule has 4 heterocycles. The third-order valence-corrected chi connectivity index (χ3v) is 10.1. The Kier molecular flexibility index (Phi) is 7.28. The first-order valence-corrected chi connectivity index (χ1v) is 15.9. The number of pyridine rings is 1. The largest absolute Gasteiger partial charge is 0.504 e. The standard InChI is InChI=1S/C37H28N3OS2.Pt/c1-37(2,3)23-16-17-38-29(18-23)35-28-21-34(42-33(28)20-27-26-12-5-8-15-32(26)43-36(27)35)41-25-11-9-10-24(19-25)40-22-39(4)30-13-6-7-14-31(30)40;/h5-18,20,22H,1-4H3;/q-3;. The zero-order chi connectivity index (χ0) is 29.3. The van der Waals surface area contributed by atoms with Gasteiger partial charge in [-0.3, -0.25) is 4.98 Å². The van der Waals surface area contributed by atoms with Gasteiger partial charge in [0.05, 0.1) is 0 Å². The van der Waals surface area contributed by atoms with Gasteiger partial charge in [0.2, 0.25) is 0 Å². The van der Waals surface area contributed by atoms with Gasteiger partial charge < -0.3 is 14.5 Å². The molecule has 4 aromatic carbocycles. The Hall–Kier alpha value is -3.70. The van der Waals surface area contributed by atoms with Crippen LogP contribution in [-0.2, 0) is 26.5 Å². The maximum Gasteiger partial charge on any atom is 0.107 e. The van der Waals surface area contributed by atoms with Crippen molar-refractivity contribution in [2.75, 3.05) is 16.8 Å². The molecule has 1 aliphatic heterocycles. The van der Waals surface area contributed by atoms with E-state index in [1.807, 2.05) is 29.7 Å². The number of nitrogens with zero attached hydrogens (tertiary/aromatic N) is 3. The molecule has 0 radical (unpaired) electrons. The topological polar surface area (TPSA) is 28.6 Å². The summed E-state index contributed by atoms with van der Waals surface area (Å²) < 4.78 is 10.1. The van der Waals surface area contributed by atoms with E-state index in [-0.39, 0.29) is 26.5 Å². The zero-order valence-corrected chi connectivity index (χ0v) is 28.5. The molecular weight excluding hydrogens is 762 g/mol. The molecule has 0 saturated carbocycles. The van der Waals surface area contributed by atoms with Crippen LogP contribution in [-0.4, -0.2) is 12.0 Å². The van der Waals surface area contributed by atoms with Gasteiger partial charge in [0, 0.05) is 54.8 Å². The minimum absolute atomic E-state index is 0. The van der Waals surface area contributed by atoms with Gasteiger partial charge >= 0.3 is 0 Å². The molecule has 0 unspecified atom stereocenters. The molecule has 0 fully saturated rings. The van der Waals surface area contributed by atoms with Crippen molar-refractivity contribution in [3.8, 4) is 22.1 Å². The monoisotopic (exact) mass is 789 g/mol. The molecule has 0 spiro atoms. The van der Waals surface area contributed by atoms with E-state index in [0.717, 1.165) is 38.4 Å². The van der Waals surface area contributed by atoms with Crippen LogP contribution < -0.4 is 14.5 Å². The Labute approximate surface area is 279 Å². The van der Waals surface area contributed by atoms with E-state index in [9.17, 15) is 0 Å². The molecule has 4 nitrogen and oxygen atoms in total. The number of anilines is 3. The summed E-state index contributed by atoms with van der Waals surface area (Å²) in [4.78, 5) is 9.16. The molecule has 0 aliphatic carbocycles. The van der Waals surface area contributed by atoms with Gasteiger partial charge in [-0.25, -0.2) is 0 Å². The van der Waals surface area contributed by atoms with Crippen LogP contribution in [0.3, 0.4) is 0 Å². The third-order valence-electron chi connectivity index (χ3n) is 7.97. The van der Waals surface area contributed by atoms with Crippen LogP contribution in [0.1, 0.15) is 26.3 Å². The molecule has 0 amide bonds. The summed E-state index contributed by atoms with van der Waals surface area (Å²) in [6.45, 7) is 8.80. The van der Waals surface area contributed by atoms with Crippen molar-refractivity contribution in [1.82, 2.24) is 4.98 Å². The summed E-state index contributed by atoms with van der Waals surface area (Å²) in [5, 5.41) is 4.26. The van der Waals surface area contributed by atoms with Crippen molar-refractivity contribution >= 4 is 70.0 Å². The molecule has 3 aromatic heterocycles. The fourth-order valence-electron chi connectivity index (χ4n) is 5.78. The van der Waals surface area contributed by atoms with Gasteiger partial charge in [-0.2, -0.15) is 29.5 Å². The van der Waals surface area contributed by atoms with Gasteiger partial charge in [0.25, 0.3) is 0 Å². The molecule has 222 valence electrons. The Morgan fingerprint density at radius 3 is 2.45 bits per heavy atom. The van der Waals surface area contributed by atoms with Crippen molar-refractivity contribution in [3.05, 3.63) is 115 Å². The number of aromatic nitrogens is 1. The number of thiophene rings is 2. The van der Waals surface area contributed by atoms with Gasteiger partial charge in [0.15, 0.2) is 0 Å². The molecular formula is C37H28N3OPtS2-3. The molecule has 7 aromatic rings. The van der Waals surface area contributed by atoms with E-state index in [4.69, 9.17) is 9.72 Å². The van der Waals surface area contributed by atoms with Gasteiger partial charge in [-0.15, -0.1) is 41.3 Å². The van der Waals surface area contributed by atoms with Crippen LogP contribution in [0.15, 0.2) is 91.1 Å². The SMILES string of the molecule is CN1[CH-]N(c2[c-]c(Oc3[c-]c4c(-c5cc(C(C)(C)C)ccn5)c5sc6ccccc6c5cc4s3)ccc2)c2ccccc21.[Pt]. The first-order chi connectivity index (χ1) is 20.8. The average Bonchev–Trinajstić information content (AvgIpc) is 3.68. The van der Waals surface area contributed by atoms with Gasteiger partial charge in [0.1, 0.15) is 5.06 Å². The quantitative estimate of drug-likeness (QED) is 0.166. The Bertz CT molecular complexity index is 2180. The third kappa shape index (κ3) is 4.90. The average molecular weight is 790 g/mol. The van der Waals surface area contributed by atoms with Crippen LogP contribution in [0.2, 0.25) is 0 Å². The van der Waals surface area contributed by atoms with Crippen LogP contribution in [0.4, 0.5) is 17.1 Å². The van der Waals surface area contributed by atoms with Crippen molar-refractivity contribution in [2.24, 2.45) is 0 Å². The first-order valence-electron chi connectivity index (χ1n) is 14.3. The second-order valence-corrected chi connectivity index (χ2v) is 13.9. The van der Waals surface area contributed by atoms with Crippen molar-refractivity contribution < 1.29 is 25.8 Å². The predicted molar refractivity (Wildman–Crippen MR) is 182 cm³/mol. The molecule has 7 heteroatoms. The molecule has 44 heavy (non-hydrogen) atoms. The van der Waals surface area contributed by atoms with Crippen LogP contribution in [0, 0.1) is 18.8 Å². The second-order valence-electron chi connectivity index (χ2n) is 11.9. The number of hydrogen-bond donors (Lipinski definition) is 0. The van der Waals surface area contributed by atoms with Crippen molar-refractivity contribution in [1.29, 1.82) is 0 Å². The van der Waals surface area contributed by atoms with E-state index < -0.39 is 0 Å². The van der Waals surface area contributed by atoms with Crippen molar-refractivity contribution in [3.63, 3.8) is 0 Å². The minimum Gasteiger partial charge on any atom is -0.504 e. The Balaban J connectivity index is 0.00000312. The number of rotatable bonds is 4. The van der Waals surface area contributed by atoms with E-state index in [0.29, 0.717) is 10.8 Å². The van der Waals surface area contributed by atoms with Gasteiger partial charge in [-0.1, -0.05) is 67.4 Å². The molecule has 0 atom stereocenters.